The van der Waals surface area contributed by atoms with Crippen molar-refractivity contribution in [3.8, 4) is 11.5 Å². The zero-order chi connectivity index (χ0) is 20.4. The summed E-state index contributed by atoms with van der Waals surface area (Å²) in [6, 6.07) is 13.3. The van der Waals surface area contributed by atoms with E-state index < -0.39 is 0 Å². The molecule has 29 heavy (non-hydrogen) atoms. The van der Waals surface area contributed by atoms with Gasteiger partial charge in [0.2, 0.25) is 0 Å². The number of hydrogen-bond donors (Lipinski definition) is 1. The van der Waals surface area contributed by atoms with Crippen LogP contribution in [-0.2, 0) is 9.53 Å². The van der Waals surface area contributed by atoms with E-state index in [4.69, 9.17) is 26.1 Å². The maximum absolute atomic E-state index is 12.2. The minimum absolute atomic E-state index is 0.0272. The fraction of sp³-hybridized carbons (Fsp3) is 0.364. The Balaban J connectivity index is 1.69. The predicted molar refractivity (Wildman–Crippen MR) is 113 cm³/mol. The standard InChI is InChI=1S/C22H24ClN3O3/c1-3-28-22(27)14(2)18-13-26(11-10-24-18)21-16-6-4-5-7-19(16)29-20-9-8-15(23)12-17(20)25-21/h4-9,12,14,18,24H,3,10-11,13H2,1-2H3/t14-,18-/m0/s1. The lowest BCUT2D eigenvalue weighted by Gasteiger charge is -2.37. The number of piperazine rings is 1. The molecule has 1 fully saturated rings. The van der Waals surface area contributed by atoms with Gasteiger partial charge in [-0.25, -0.2) is 4.99 Å². The van der Waals surface area contributed by atoms with E-state index in [2.05, 4.69) is 10.2 Å². The third-order valence-corrected chi connectivity index (χ3v) is 5.50. The van der Waals surface area contributed by atoms with Gasteiger partial charge in [0, 0.05) is 30.7 Å². The fourth-order valence-electron chi connectivity index (χ4n) is 3.68. The Bertz CT molecular complexity index is 947. The summed E-state index contributed by atoms with van der Waals surface area (Å²) in [7, 11) is 0. The second-order valence-electron chi connectivity index (χ2n) is 7.19. The largest absolute Gasteiger partial charge is 0.466 e. The number of nitrogens with one attached hydrogen (secondary N) is 1. The topological polar surface area (TPSA) is 63.2 Å². The predicted octanol–water partition coefficient (Wildman–Crippen LogP) is 4.00. The van der Waals surface area contributed by atoms with Crippen LogP contribution >= 0.6 is 11.6 Å². The molecule has 0 aromatic heterocycles. The SMILES string of the molecule is CCOC(=O)[C@@H](C)[C@@H]1CN(C2=Nc3cc(Cl)ccc3Oc3ccccc32)CCN1. The molecule has 2 atom stereocenters. The zero-order valence-corrected chi connectivity index (χ0v) is 17.3. The van der Waals surface area contributed by atoms with Crippen molar-refractivity contribution < 1.29 is 14.3 Å². The van der Waals surface area contributed by atoms with Crippen LogP contribution in [0.3, 0.4) is 0 Å². The number of carbonyl (C=O) groups is 1. The molecule has 2 aliphatic heterocycles. The van der Waals surface area contributed by atoms with Crippen LogP contribution < -0.4 is 10.1 Å². The van der Waals surface area contributed by atoms with E-state index in [1.807, 2.05) is 50.2 Å². The van der Waals surface area contributed by atoms with Gasteiger partial charge in [0.25, 0.3) is 0 Å². The summed E-state index contributed by atoms with van der Waals surface area (Å²) in [6.07, 6.45) is 0. The Hall–Kier alpha value is -2.57. The van der Waals surface area contributed by atoms with Crippen molar-refractivity contribution in [2.24, 2.45) is 10.9 Å². The van der Waals surface area contributed by atoms with Crippen LogP contribution in [0.2, 0.25) is 5.02 Å². The molecule has 1 N–H and O–H groups in total. The number of fused-ring (bicyclic) bond motifs is 2. The number of hydrogen-bond acceptors (Lipinski definition) is 6. The van der Waals surface area contributed by atoms with Gasteiger partial charge < -0.3 is 19.7 Å². The first-order valence-corrected chi connectivity index (χ1v) is 10.2. The summed E-state index contributed by atoms with van der Waals surface area (Å²) in [6.45, 7) is 6.27. The van der Waals surface area contributed by atoms with E-state index in [9.17, 15) is 4.79 Å². The number of rotatable bonds is 3. The number of ether oxygens (including phenoxy) is 2. The molecule has 2 aromatic carbocycles. The number of para-hydroxylation sites is 1. The Morgan fingerprint density at radius 2 is 2.17 bits per heavy atom. The van der Waals surface area contributed by atoms with Gasteiger partial charge in [-0.05, 0) is 37.3 Å². The van der Waals surface area contributed by atoms with Crippen LogP contribution in [0.15, 0.2) is 47.5 Å². The van der Waals surface area contributed by atoms with Crippen molar-refractivity contribution in [1.82, 2.24) is 10.2 Å². The van der Waals surface area contributed by atoms with Gasteiger partial charge in [-0.2, -0.15) is 0 Å². The second kappa shape index (κ2) is 8.43. The number of aliphatic imine (C=N–C) groups is 1. The Morgan fingerprint density at radius 1 is 1.34 bits per heavy atom. The average Bonchev–Trinajstić information content (AvgIpc) is 2.90. The Morgan fingerprint density at radius 3 is 3.00 bits per heavy atom. The monoisotopic (exact) mass is 413 g/mol. The maximum Gasteiger partial charge on any atom is 0.310 e. The number of carbonyl (C=O) groups excluding carboxylic acids is 1. The molecule has 2 aliphatic rings. The average molecular weight is 414 g/mol. The van der Waals surface area contributed by atoms with Crippen LogP contribution in [0.1, 0.15) is 19.4 Å². The lowest BCUT2D eigenvalue weighted by atomic mass is 9.99. The highest BCUT2D eigenvalue weighted by atomic mass is 35.5. The molecule has 7 heteroatoms. The van der Waals surface area contributed by atoms with E-state index in [1.165, 1.54) is 0 Å². The molecule has 0 radical (unpaired) electrons. The van der Waals surface area contributed by atoms with Crippen molar-refractivity contribution in [3.63, 3.8) is 0 Å². The molecule has 4 rings (SSSR count). The first-order chi connectivity index (χ1) is 14.1. The number of halogens is 1. The fourth-order valence-corrected chi connectivity index (χ4v) is 3.85. The first kappa shape index (κ1) is 19.7. The van der Waals surface area contributed by atoms with Crippen molar-refractivity contribution in [3.05, 3.63) is 53.1 Å². The number of benzene rings is 2. The summed E-state index contributed by atoms with van der Waals surface area (Å²) in [5.41, 5.74) is 1.61. The summed E-state index contributed by atoms with van der Waals surface area (Å²) in [5, 5.41) is 4.05. The molecule has 0 saturated carbocycles. The quantitative estimate of drug-likeness (QED) is 0.770. The minimum Gasteiger partial charge on any atom is -0.466 e. The van der Waals surface area contributed by atoms with Crippen molar-refractivity contribution in [1.29, 1.82) is 0 Å². The lowest BCUT2D eigenvalue weighted by Crippen LogP contribution is -2.56. The highest BCUT2D eigenvalue weighted by molar-refractivity contribution is 6.31. The van der Waals surface area contributed by atoms with Gasteiger partial charge in [0.05, 0.1) is 18.1 Å². The van der Waals surface area contributed by atoms with Gasteiger partial charge in [0.1, 0.15) is 17.3 Å². The van der Waals surface area contributed by atoms with Crippen molar-refractivity contribution in [2.45, 2.75) is 19.9 Å². The van der Waals surface area contributed by atoms with Crippen molar-refractivity contribution in [2.75, 3.05) is 26.2 Å². The smallest absolute Gasteiger partial charge is 0.310 e. The first-order valence-electron chi connectivity index (χ1n) is 9.87. The highest BCUT2D eigenvalue weighted by Crippen LogP contribution is 2.39. The van der Waals surface area contributed by atoms with E-state index in [0.29, 0.717) is 29.6 Å². The van der Waals surface area contributed by atoms with E-state index >= 15 is 0 Å². The number of amidine groups is 1. The van der Waals surface area contributed by atoms with Crippen LogP contribution in [0.25, 0.3) is 0 Å². The third kappa shape index (κ3) is 4.09. The van der Waals surface area contributed by atoms with Crippen LogP contribution in [0.5, 0.6) is 11.5 Å². The van der Waals surface area contributed by atoms with Gasteiger partial charge in [-0.15, -0.1) is 0 Å². The van der Waals surface area contributed by atoms with Crippen LogP contribution in [-0.4, -0.2) is 49.0 Å². The van der Waals surface area contributed by atoms with Crippen LogP contribution in [0, 0.1) is 5.92 Å². The lowest BCUT2D eigenvalue weighted by molar-refractivity contribution is -0.148. The molecule has 0 bridgehead atoms. The van der Waals surface area contributed by atoms with E-state index in [-0.39, 0.29) is 17.9 Å². The zero-order valence-electron chi connectivity index (χ0n) is 16.5. The maximum atomic E-state index is 12.2. The number of nitrogens with zero attached hydrogens (tertiary/aromatic N) is 2. The van der Waals surface area contributed by atoms with E-state index in [0.717, 1.165) is 30.2 Å². The van der Waals surface area contributed by atoms with E-state index in [1.54, 1.807) is 6.07 Å². The molecule has 2 heterocycles. The summed E-state index contributed by atoms with van der Waals surface area (Å²) < 4.78 is 11.3. The molecule has 0 amide bonds. The molecule has 152 valence electrons. The number of esters is 1. The molecule has 0 unspecified atom stereocenters. The molecule has 0 spiro atoms. The van der Waals surface area contributed by atoms with Crippen molar-refractivity contribution >= 4 is 29.1 Å². The second-order valence-corrected chi connectivity index (χ2v) is 7.63. The molecule has 6 nitrogen and oxygen atoms in total. The summed E-state index contributed by atoms with van der Waals surface area (Å²) >= 11 is 6.20. The molecule has 0 aliphatic carbocycles. The Kier molecular flexibility index (Phi) is 5.74. The summed E-state index contributed by atoms with van der Waals surface area (Å²) in [4.78, 5) is 19.4. The molecule has 2 aromatic rings. The Labute approximate surface area is 175 Å². The van der Waals surface area contributed by atoms with Gasteiger partial charge in [0.15, 0.2) is 5.75 Å². The van der Waals surface area contributed by atoms with Gasteiger partial charge in [-0.1, -0.05) is 30.7 Å². The normalized spacial score (nSPS) is 19.2. The summed E-state index contributed by atoms with van der Waals surface area (Å²) in [5.74, 6) is 1.81. The molecular weight excluding hydrogens is 390 g/mol. The molecular formula is C22H24ClN3O3. The van der Waals surface area contributed by atoms with Gasteiger partial charge in [-0.3, -0.25) is 4.79 Å². The van der Waals surface area contributed by atoms with Gasteiger partial charge >= 0.3 is 5.97 Å². The minimum atomic E-state index is -0.252. The highest BCUT2D eigenvalue weighted by Gasteiger charge is 2.32. The third-order valence-electron chi connectivity index (χ3n) is 5.26. The molecule has 1 saturated heterocycles. The van der Waals surface area contributed by atoms with Crippen LogP contribution in [0.4, 0.5) is 5.69 Å².